The molecule has 106 valence electrons. The molecule has 0 radical (unpaired) electrons. The Hall–Kier alpha value is -1.85. The van der Waals surface area contributed by atoms with Crippen LogP contribution >= 0.6 is 27.5 Å². The number of rotatable bonds is 4. The number of para-hydroxylation sites is 1. The van der Waals surface area contributed by atoms with Gasteiger partial charge < -0.3 is 4.74 Å². The summed E-state index contributed by atoms with van der Waals surface area (Å²) in [5.74, 6) is 1.01. The lowest BCUT2D eigenvalue weighted by molar-refractivity contribution is 0.438. The number of hydrogen-bond donors (Lipinski definition) is 0. The Morgan fingerprint density at radius 2 is 1.95 bits per heavy atom. The minimum Gasteiger partial charge on any atom is -0.423 e. The van der Waals surface area contributed by atoms with Crippen molar-refractivity contribution in [2.24, 2.45) is 0 Å². The van der Waals surface area contributed by atoms with Gasteiger partial charge in [-0.25, -0.2) is 4.68 Å². The zero-order chi connectivity index (χ0) is 14.7. The average Bonchev–Trinajstić information content (AvgIpc) is 2.98. The predicted octanol–water partition coefficient (Wildman–Crippen LogP) is 4.56. The van der Waals surface area contributed by atoms with Crippen LogP contribution in [0.2, 0.25) is 0 Å². The molecule has 0 amide bonds. The minimum atomic E-state index is 0.285. The van der Waals surface area contributed by atoms with E-state index in [0.717, 1.165) is 15.7 Å². The lowest BCUT2D eigenvalue weighted by Crippen LogP contribution is -1.95. The smallest absolute Gasteiger partial charge is 0.341 e. The molecule has 2 aromatic carbocycles. The summed E-state index contributed by atoms with van der Waals surface area (Å²) in [6, 6.07) is 15.7. The van der Waals surface area contributed by atoms with Crippen molar-refractivity contribution < 1.29 is 4.74 Å². The number of alkyl halides is 1. The summed E-state index contributed by atoms with van der Waals surface area (Å²) in [6.45, 7) is 0. The second-order valence-corrected chi connectivity index (χ2v) is 5.48. The van der Waals surface area contributed by atoms with E-state index < -0.39 is 0 Å². The quantitative estimate of drug-likeness (QED) is 0.637. The summed E-state index contributed by atoms with van der Waals surface area (Å²) in [7, 11) is 0. The van der Waals surface area contributed by atoms with Crippen molar-refractivity contribution >= 4 is 27.5 Å². The van der Waals surface area contributed by atoms with Crippen LogP contribution in [0.3, 0.4) is 0 Å². The van der Waals surface area contributed by atoms with Crippen molar-refractivity contribution in [3.05, 3.63) is 64.9 Å². The molecule has 0 N–H and O–H groups in total. The Balaban J connectivity index is 1.85. The first-order valence-electron chi connectivity index (χ1n) is 6.25. The molecule has 3 aromatic rings. The van der Waals surface area contributed by atoms with Crippen LogP contribution in [0.1, 0.15) is 5.56 Å². The Morgan fingerprint density at radius 3 is 2.71 bits per heavy atom. The largest absolute Gasteiger partial charge is 0.423 e. The molecule has 4 nitrogen and oxygen atoms in total. The number of nitrogens with zero attached hydrogens (tertiary/aromatic N) is 3. The van der Waals surface area contributed by atoms with Gasteiger partial charge in [-0.2, -0.15) is 4.98 Å². The Bertz CT molecular complexity index is 746. The summed E-state index contributed by atoms with van der Waals surface area (Å²) in [6.07, 6.45) is 1.61. The maximum Gasteiger partial charge on any atom is 0.341 e. The van der Waals surface area contributed by atoms with Crippen LogP contribution in [0, 0.1) is 0 Å². The third kappa shape index (κ3) is 3.25. The highest BCUT2D eigenvalue weighted by molar-refractivity contribution is 9.10. The van der Waals surface area contributed by atoms with Gasteiger partial charge in [0.25, 0.3) is 0 Å². The van der Waals surface area contributed by atoms with Crippen LogP contribution in [-0.2, 0) is 5.88 Å². The van der Waals surface area contributed by atoms with Crippen LogP contribution < -0.4 is 4.74 Å². The van der Waals surface area contributed by atoms with Crippen molar-refractivity contribution in [1.29, 1.82) is 0 Å². The molecule has 0 fully saturated rings. The monoisotopic (exact) mass is 363 g/mol. The number of hydrogen-bond acceptors (Lipinski definition) is 3. The SMILES string of the molecule is ClCc1cc(Br)ccc1Oc1ncn(-c2ccccc2)n1. The van der Waals surface area contributed by atoms with E-state index in [1.54, 1.807) is 11.0 Å². The molecule has 1 heterocycles. The first-order valence-corrected chi connectivity index (χ1v) is 7.58. The van der Waals surface area contributed by atoms with E-state index in [9.17, 15) is 0 Å². The van der Waals surface area contributed by atoms with Gasteiger partial charge in [-0.3, -0.25) is 0 Å². The second kappa shape index (κ2) is 6.28. The van der Waals surface area contributed by atoms with Crippen molar-refractivity contribution in [3.8, 4) is 17.4 Å². The fourth-order valence-electron chi connectivity index (χ4n) is 1.85. The molecule has 21 heavy (non-hydrogen) atoms. The van der Waals surface area contributed by atoms with Gasteiger partial charge in [0.05, 0.1) is 11.6 Å². The summed E-state index contributed by atoms with van der Waals surface area (Å²) >= 11 is 9.33. The Morgan fingerprint density at radius 1 is 1.14 bits per heavy atom. The van der Waals surface area contributed by atoms with Crippen molar-refractivity contribution in [2.75, 3.05) is 0 Å². The van der Waals surface area contributed by atoms with Crippen molar-refractivity contribution in [1.82, 2.24) is 14.8 Å². The molecule has 6 heteroatoms. The van der Waals surface area contributed by atoms with Crippen molar-refractivity contribution in [2.45, 2.75) is 5.88 Å². The molecular weight excluding hydrogens is 354 g/mol. The van der Waals surface area contributed by atoms with Crippen LogP contribution in [0.25, 0.3) is 5.69 Å². The topological polar surface area (TPSA) is 39.9 Å². The molecule has 0 aliphatic rings. The predicted molar refractivity (Wildman–Crippen MR) is 85.1 cm³/mol. The summed E-state index contributed by atoms with van der Waals surface area (Å²) < 4.78 is 8.32. The standard InChI is InChI=1S/C15H11BrClN3O/c16-12-6-7-14(11(8-12)9-17)21-15-18-10-20(19-15)13-4-2-1-3-5-13/h1-8,10H,9H2. The van der Waals surface area contributed by atoms with E-state index >= 15 is 0 Å². The highest BCUT2D eigenvalue weighted by atomic mass is 79.9. The lowest BCUT2D eigenvalue weighted by atomic mass is 10.2. The Labute approximate surface area is 135 Å². The first-order chi connectivity index (χ1) is 10.3. The minimum absolute atomic E-state index is 0.285. The maximum atomic E-state index is 5.92. The average molecular weight is 365 g/mol. The zero-order valence-corrected chi connectivity index (χ0v) is 13.3. The summed E-state index contributed by atoms with van der Waals surface area (Å²) in [5, 5.41) is 4.30. The molecule has 0 aliphatic carbocycles. The van der Waals surface area contributed by atoms with Crippen LogP contribution in [0.15, 0.2) is 59.3 Å². The van der Waals surface area contributed by atoms with Gasteiger partial charge in [0, 0.05) is 10.0 Å². The van der Waals surface area contributed by atoms with E-state index in [1.807, 2.05) is 48.5 Å². The zero-order valence-electron chi connectivity index (χ0n) is 10.9. The van der Waals surface area contributed by atoms with Crippen LogP contribution in [0.4, 0.5) is 0 Å². The molecular formula is C15H11BrClN3O. The van der Waals surface area contributed by atoms with Gasteiger partial charge in [-0.15, -0.1) is 16.7 Å². The van der Waals surface area contributed by atoms with Gasteiger partial charge >= 0.3 is 6.01 Å². The summed E-state index contributed by atoms with van der Waals surface area (Å²) in [4.78, 5) is 4.16. The highest BCUT2D eigenvalue weighted by Crippen LogP contribution is 2.27. The summed E-state index contributed by atoms with van der Waals surface area (Å²) in [5.41, 5.74) is 1.80. The van der Waals surface area contributed by atoms with E-state index in [2.05, 4.69) is 26.0 Å². The molecule has 3 rings (SSSR count). The molecule has 0 saturated heterocycles. The number of benzene rings is 2. The van der Waals surface area contributed by atoms with E-state index in [1.165, 1.54) is 0 Å². The highest BCUT2D eigenvalue weighted by Gasteiger charge is 2.09. The number of ether oxygens (including phenoxy) is 1. The molecule has 0 unspecified atom stereocenters. The van der Waals surface area contributed by atoms with Gasteiger partial charge in [0.1, 0.15) is 12.1 Å². The third-order valence-electron chi connectivity index (χ3n) is 2.86. The molecule has 1 aromatic heterocycles. The van der Waals surface area contributed by atoms with Crippen LogP contribution in [-0.4, -0.2) is 14.8 Å². The lowest BCUT2D eigenvalue weighted by Gasteiger charge is -2.06. The normalized spacial score (nSPS) is 10.6. The maximum absolute atomic E-state index is 5.92. The van der Waals surface area contributed by atoms with Gasteiger partial charge in [-0.05, 0) is 30.3 Å². The third-order valence-corrected chi connectivity index (χ3v) is 3.64. The second-order valence-electron chi connectivity index (χ2n) is 4.29. The van der Waals surface area contributed by atoms with E-state index in [-0.39, 0.29) is 6.01 Å². The fraction of sp³-hybridized carbons (Fsp3) is 0.0667. The Kier molecular flexibility index (Phi) is 4.22. The van der Waals surface area contributed by atoms with Gasteiger partial charge in [0.15, 0.2) is 0 Å². The van der Waals surface area contributed by atoms with Crippen molar-refractivity contribution in [3.63, 3.8) is 0 Å². The van der Waals surface area contributed by atoms with Crippen LogP contribution in [0.5, 0.6) is 11.8 Å². The first kappa shape index (κ1) is 14.1. The molecule has 0 spiro atoms. The van der Waals surface area contributed by atoms with E-state index in [4.69, 9.17) is 16.3 Å². The molecule has 0 saturated carbocycles. The molecule has 0 aliphatic heterocycles. The molecule has 0 bridgehead atoms. The van der Waals surface area contributed by atoms with Gasteiger partial charge in [0.2, 0.25) is 0 Å². The number of aromatic nitrogens is 3. The van der Waals surface area contributed by atoms with Gasteiger partial charge in [-0.1, -0.05) is 34.1 Å². The molecule has 0 atom stereocenters. The fourth-order valence-corrected chi connectivity index (χ4v) is 2.47. The van der Waals surface area contributed by atoms with E-state index in [0.29, 0.717) is 11.6 Å². The number of halogens is 2.